The van der Waals surface area contributed by atoms with Gasteiger partial charge >= 0.3 is 0 Å². The van der Waals surface area contributed by atoms with Crippen LogP contribution >= 0.6 is 28.3 Å². The third kappa shape index (κ3) is 4.20. The van der Waals surface area contributed by atoms with Gasteiger partial charge in [-0.3, -0.25) is 4.79 Å². The molecule has 3 N–H and O–H groups in total. The van der Waals surface area contributed by atoms with Gasteiger partial charge in [0.25, 0.3) is 0 Å². The molecule has 106 valence electrons. The molecule has 1 saturated carbocycles. The van der Waals surface area contributed by atoms with Crippen LogP contribution in [0.5, 0.6) is 0 Å². The number of halogens is 2. The molecule has 1 aromatic carbocycles. The molecule has 0 aliphatic heterocycles. The number of nitrogens with two attached hydrogens (primary N) is 1. The van der Waals surface area contributed by atoms with Crippen molar-refractivity contribution in [2.45, 2.75) is 31.1 Å². The molecule has 1 aliphatic rings. The van der Waals surface area contributed by atoms with E-state index in [1.165, 1.54) is 5.56 Å². The molecule has 1 fully saturated rings. The number of hydrogen-bond acceptors (Lipinski definition) is 2. The van der Waals surface area contributed by atoms with Crippen molar-refractivity contribution in [2.24, 2.45) is 5.73 Å². The third-order valence-corrected chi connectivity index (χ3v) is 4.22. The van der Waals surface area contributed by atoms with E-state index in [0.717, 1.165) is 30.3 Å². The Morgan fingerprint density at radius 2 is 2.05 bits per heavy atom. The first-order valence-electron chi connectivity index (χ1n) is 6.40. The van der Waals surface area contributed by atoms with E-state index in [1.807, 2.05) is 6.07 Å². The van der Waals surface area contributed by atoms with Gasteiger partial charge in [-0.25, -0.2) is 0 Å². The van der Waals surface area contributed by atoms with Crippen LogP contribution in [0.4, 0.5) is 0 Å². The lowest BCUT2D eigenvalue weighted by Crippen LogP contribution is -2.32. The first-order chi connectivity index (χ1) is 8.68. The van der Waals surface area contributed by atoms with Gasteiger partial charge in [-0.1, -0.05) is 34.1 Å². The van der Waals surface area contributed by atoms with Crippen molar-refractivity contribution in [1.29, 1.82) is 0 Å². The number of rotatable bonds is 6. The number of nitrogens with one attached hydrogen (secondary N) is 1. The van der Waals surface area contributed by atoms with Gasteiger partial charge in [0.2, 0.25) is 5.91 Å². The molecule has 0 bridgehead atoms. The number of carbonyl (C=O) groups is 1. The summed E-state index contributed by atoms with van der Waals surface area (Å²) in [5, 5.41) is 3.03. The average molecular weight is 348 g/mol. The average Bonchev–Trinajstić information content (AvgIpc) is 3.15. The Morgan fingerprint density at radius 3 is 2.63 bits per heavy atom. The molecule has 19 heavy (non-hydrogen) atoms. The minimum atomic E-state index is 0. The van der Waals surface area contributed by atoms with Crippen LogP contribution in [-0.4, -0.2) is 19.0 Å². The van der Waals surface area contributed by atoms with Gasteiger partial charge in [0.05, 0.1) is 0 Å². The Morgan fingerprint density at radius 1 is 1.37 bits per heavy atom. The molecule has 5 heteroatoms. The molecule has 0 atom stereocenters. The second-order valence-corrected chi connectivity index (χ2v) is 5.78. The maximum absolute atomic E-state index is 11.6. The van der Waals surface area contributed by atoms with Crippen LogP contribution in [0.3, 0.4) is 0 Å². The minimum absolute atomic E-state index is 0. The summed E-state index contributed by atoms with van der Waals surface area (Å²) in [7, 11) is 0. The lowest BCUT2D eigenvalue weighted by Gasteiger charge is -2.18. The maximum atomic E-state index is 11.6. The van der Waals surface area contributed by atoms with Crippen molar-refractivity contribution in [3.05, 3.63) is 34.3 Å². The molecule has 0 radical (unpaired) electrons. The molecule has 1 aromatic rings. The fourth-order valence-corrected chi connectivity index (χ4v) is 2.91. The highest BCUT2D eigenvalue weighted by molar-refractivity contribution is 9.10. The van der Waals surface area contributed by atoms with E-state index in [9.17, 15) is 4.79 Å². The van der Waals surface area contributed by atoms with Crippen LogP contribution in [0.2, 0.25) is 0 Å². The topological polar surface area (TPSA) is 55.1 Å². The van der Waals surface area contributed by atoms with Gasteiger partial charge in [-0.15, -0.1) is 12.4 Å². The van der Waals surface area contributed by atoms with Crippen molar-refractivity contribution >= 4 is 34.2 Å². The van der Waals surface area contributed by atoms with Crippen LogP contribution in [0, 0.1) is 0 Å². The lowest BCUT2D eigenvalue weighted by atomic mass is 9.96. The van der Waals surface area contributed by atoms with Crippen molar-refractivity contribution in [3.8, 4) is 0 Å². The zero-order chi connectivity index (χ0) is 13.0. The van der Waals surface area contributed by atoms with Gasteiger partial charge in [0.1, 0.15) is 0 Å². The Hall–Kier alpha value is -0.580. The summed E-state index contributed by atoms with van der Waals surface area (Å²) in [5.41, 5.74) is 6.86. The Kier molecular flexibility index (Phi) is 6.30. The van der Waals surface area contributed by atoms with Crippen molar-refractivity contribution < 1.29 is 4.79 Å². The quantitative estimate of drug-likeness (QED) is 0.831. The standard InChI is InChI=1S/C14H19BrN2O.ClH/c15-12-5-2-1-4-11(12)14(7-8-14)10-17-13(18)6-3-9-16;/h1-2,4-5H,3,6-10,16H2,(H,17,18);1H. The van der Waals surface area contributed by atoms with E-state index < -0.39 is 0 Å². The van der Waals surface area contributed by atoms with Crippen LogP contribution in [0.25, 0.3) is 0 Å². The largest absolute Gasteiger partial charge is 0.355 e. The summed E-state index contributed by atoms with van der Waals surface area (Å²) >= 11 is 3.59. The fraction of sp³-hybridized carbons (Fsp3) is 0.500. The maximum Gasteiger partial charge on any atom is 0.220 e. The Bertz CT molecular complexity index is 435. The molecule has 0 saturated heterocycles. The van der Waals surface area contributed by atoms with Crippen LogP contribution < -0.4 is 11.1 Å². The highest BCUT2D eigenvalue weighted by atomic mass is 79.9. The predicted octanol–water partition coefficient (Wildman–Crippen LogP) is 2.76. The lowest BCUT2D eigenvalue weighted by molar-refractivity contribution is -0.121. The second-order valence-electron chi connectivity index (χ2n) is 4.93. The summed E-state index contributed by atoms with van der Waals surface area (Å²) in [4.78, 5) is 11.6. The first-order valence-corrected chi connectivity index (χ1v) is 7.19. The molecule has 0 heterocycles. The fourth-order valence-electron chi connectivity index (χ4n) is 2.20. The molecule has 0 unspecified atom stereocenters. The highest BCUT2D eigenvalue weighted by Crippen LogP contribution is 2.49. The first kappa shape index (κ1) is 16.5. The van der Waals surface area contributed by atoms with E-state index in [4.69, 9.17) is 5.73 Å². The number of benzene rings is 1. The SMILES string of the molecule is Cl.NCCCC(=O)NCC1(c2ccccc2Br)CC1. The molecule has 1 amide bonds. The number of carbonyl (C=O) groups excluding carboxylic acids is 1. The zero-order valence-corrected chi connectivity index (χ0v) is 13.2. The van der Waals surface area contributed by atoms with E-state index in [0.29, 0.717) is 13.0 Å². The van der Waals surface area contributed by atoms with Gasteiger partial charge in [-0.2, -0.15) is 0 Å². The minimum Gasteiger partial charge on any atom is -0.355 e. The van der Waals surface area contributed by atoms with Gasteiger partial charge < -0.3 is 11.1 Å². The second kappa shape index (κ2) is 7.27. The summed E-state index contributed by atoms with van der Waals surface area (Å²) in [6, 6.07) is 8.27. The van der Waals surface area contributed by atoms with Crippen LogP contribution in [-0.2, 0) is 10.2 Å². The van der Waals surface area contributed by atoms with E-state index >= 15 is 0 Å². The monoisotopic (exact) mass is 346 g/mol. The van der Waals surface area contributed by atoms with Gasteiger partial charge in [0.15, 0.2) is 0 Å². The van der Waals surface area contributed by atoms with Gasteiger partial charge in [-0.05, 0) is 37.4 Å². The summed E-state index contributed by atoms with van der Waals surface area (Å²) in [6.07, 6.45) is 3.58. The molecule has 0 aromatic heterocycles. The summed E-state index contributed by atoms with van der Waals surface area (Å²) < 4.78 is 1.14. The number of hydrogen-bond donors (Lipinski definition) is 2. The van der Waals surface area contributed by atoms with Crippen LogP contribution in [0.15, 0.2) is 28.7 Å². The predicted molar refractivity (Wildman–Crippen MR) is 83.6 cm³/mol. The van der Waals surface area contributed by atoms with Crippen molar-refractivity contribution in [2.75, 3.05) is 13.1 Å². The Balaban J connectivity index is 0.00000180. The van der Waals surface area contributed by atoms with Crippen molar-refractivity contribution in [3.63, 3.8) is 0 Å². The summed E-state index contributed by atoms with van der Waals surface area (Å²) in [6.45, 7) is 1.31. The van der Waals surface area contributed by atoms with Gasteiger partial charge in [0, 0.05) is 22.9 Å². The van der Waals surface area contributed by atoms with E-state index in [1.54, 1.807) is 0 Å². The molecule has 1 aliphatic carbocycles. The molecule has 0 spiro atoms. The molecular weight excluding hydrogens is 328 g/mol. The third-order valence-electron chi connectivity index (χ3n) is 3.53. The summed E-state index contributed by atoms with van der Waals surface area (Å²) in [5.74, 6) is 0.110. The van der Waals surface area contributed by atoms with Crippen LogP contribution in [0.1, 0.15) is 31.2 Å². The highest BCUT2D eigenvalue weighted by Gasteiger charge is 2.45. The van der Waals surface area contributed by atoms with E-state index in [-0.39, 0.29) is 23.7 Å². The smallest absolute Gasteiger partial charge is 0.220 e. The number of amides is 1. The van der Waals surface area contributed by atoms with Crippen molar-refractivity contribution in [1.82, 2.24) is 5.32 Å². The van der Waals surface area contributed by atoms with E-state index in [2.05, 4.69) is 39.4 Å². The normalized spacial score (nSPS) is 15.5. The molecule has 3 nitrogen and oxygen atoms in total. The molecular formula is C14H20BrClN2O. The zero-order valence-electron chi connectivity index (χ0n) is 10.8. The molecule has 2 rings (SSSR count). The Labute approximate surface area is 128 Å².